The maximum atomic E-state index is 11.3. The van der Waals surface area contributed by atoms with Crippen molar-refractivity contribution in [3.8, 4) is 17.1 Å². The van der Waals surface area contributed by atoms with Crippen molar-refractivity contribution in [3.05, 3.63) is 59.1 Å². The summed E-state index contributed by atoms with van der Waals surface area (Å²) in [6, 6.07) is 14.2. The van der Waals surface area contributed by atoms with Crippen LogP contribution in [0.15, 0.2) is 53.7 Å². The molecule has 6 nitrogen and oxygen atoms in total. The molecule has 0 bridgehead atoms. The van der Waals surface area contributed by atoms with Crippen molar-refractivity contribution < 1.29 is 14.6 Å². The van der Waals surface area contributed by atoms with Crippen LogP contribution in [-0.2, 0) is 7.05 Å². The number of aliphatic hydroxyl groups is 1. The highest BCUT2D eigenvalue weighted by atomic mass is 35.5. The molecule has 0 aliphatic heterocycles. The highest BCUT2D eigenvalue weighted by Crippen LogP contribution is 2.24. The van der Waals surface area contributed by atoms with E-state index in [0.29, 0.717) is 27.2 Å². The highest BCUT2D eigenvalue weighted by Gasteiger charge is 2.14. The Kier molecular flexibility index (Phi) is 6.72. The normalized spacial score (nSPS) is 12.0. The Balaban J connectivity index is 1.52. The Morgan fingerprint density at radius 2 is 1.86 bits per heavy atom. The molecule has 3 rings (SSSR count). The van der Waals surface area contributed by atoms with Crippen molar-refractivity contribution >= 4 is 29.1 Å². The molecule has 0 radical (unpaired) electrons. The van der Waals surface area contributed by atoms with Crippen molar-refractivity contribution in [2.75, 3.05) is 12.4 Å². The third kappa shape index (κ3) is 5.13. The van der Waals surface area contributed by atoms with Crippen molar-refractivity contribution in [1.82, 2.24) is 14.8 Å². The Labute approximate surface area is 172 Å². The standard InChI is InChI=1S/C20H20ClN3O3S/c1-13(25)14-5-9-18(10-6-14)27-11-17(26)12-28-20-23-22-19(24(20)2)15-3-7-16(21)8-4-15/h3-10,17,26H,11-12H2,1-2H3/t17-/m1/s1. The largest absolute Gasteiger partial charge is 0.491 e. The van der Waals surface area contributed by atoms with Crippen LogP contribution in [0.25, 0.3) is 11.4 Å². The van der Waals surface area contributed by atoms with E-state index in [1.165, 1.54) is 18.7 Å². The van der Waals surface area contributed by atoms with E-state index in [0.717, 1.165) is 11.4 Å². The highest BCUT2D eigenvalue weighted by molar-refractivity contribution is 7.99. The first-order valence-electron chi connectivity index (χ1n) is 8.64. The molecule has 0 saturated carbocycles. The zero-order valence-electron chi connectivity index (χ0n) is 15.5. The van der Waals surface area contributed by atoms with Crippen LogP contribution in [0.3, 0.4) is 0 Å². The van der Waals surface area contributed by atoms with Gasteiger partial charge < -0.3 is 14.4 Å². The first-order valence-corrected chi connectivity index (χ1v) is 10.0. The molecular weight excluding hydrogens is 398 g/mol. The molecule has 0 fully saturated rings. The molecular formula is C20H20ClN3O3S. The third-order valence-corrected chi connectivity index (χ3v) is 5.46. The predicted molar refractivity (Wildman–Crippen MR) is 110 cm³/mol. The molecule has 1 atom stereocenters. The van der Waals surface area contributed by atoms with Crippen LogP contribution in [0.5, 0.6) is 5.75 Å². The lowest BCUT2D eigenvalue weighted by atomic mass is 10.1. The van der Waals surface area contributed by atoms with Crippen LogP contribution < -0.4 is 4.74 Å². The molecule has 0 aliphatic carbocycles. The first kappa shape index (κ1) is 20.4. The maximum absolute atomic E-state index is 11.3. The molecule has 2 aromatic carbocycles. The lowest BCUT2D eigenvalue weighted by molar-refractivity contribution is 0.101. The topological polar surface area (TPSA) is 77.2 Å². The summed E-state index contributed by atoms with van der Waals surface area (Å²) < 4.78 is 7.45. The van der Waals surface area contributed by atoms with Gasteiger partial charge in [0.05, 0.1) is 6.10 Å². The Morgan fingerprint density at radius 1 is 1.18 bits per heavy atom. The van der Waals surface area contributed by atoms with Gasteiger partial charge in [-0.1, -0.05) is 23.4 Å². The van der Waals surface area contributed by atoms with Gasteiger partial charge in [0.25, 0.3) is 0 Å². The monoisotopic (exact) mass is 417 g/mol. The summed E-state index contributed by atoms with van der Waals surface area (Å²) >= 11 is 7.33. The minimum absolute atomic E-state index is 0.00429. The van der Waals surface area contributed by atoms with Crippen molar-refractivity contribution in [1.29, 1.82) is 0 Å². The van der Waals surface area contributed by atoms with E-state index < -0.39 is 6.10 Å². The first-order chi connectivity index (χ1) is 13.4. The number of aromatic nitrogens is 3. The second-order valence-corrected chi connectivity index (χ2v) is 7.65. The number of benzene rings is 2. The number of hydrogen-bond acceptors (Lipinski definition) is 6. The Bertz CT molecular complexity index is 942. The molecule has 0 aliphatic rings. The van der Waals surface area contributed by atoms with Gasteiger partial charge >= 0.3 is 0 Å². The van der Waals surface area contributed by atoms with Crippen LogP contribution in [0.2, 0.25) is 5.02 Å². The van der Waals surface area contributed by atoms with Gasteiger partial charge in [-0.05, 0) is 55.5 Å². The number of ketones is 1. The van der Waals surface area contributed by atoms with E-state index in [-0.39, 0.29) is 12.4 Å². The number of Topliss-reactive ketones (excluding diaryl/α,β-unsaturated/α-hetero) is 1. The van der Waals surface area contributed by atoms with E-state index >= 15 is 0 Å². The summed E-state index contributed by atoms with van der Waals surface area (Å²) in [5.74, 6) is 1.76. The molecule has 0 amide bonds. The van der Waals surface area contributed by atoms with Gasteiger partial charge in [-0.15, -0.1) is 10.2 Å². The molecule has 0 unspecified atom stereocenters. The number of thioether (sulfide) groups is 1. The van der Waals surface area contributed by atoms with E-state index in [1.807, 2.05) is 35.9 Å². The van der Waals surface area contributed by atoms with Crippen LogP contribution in [0, 0.1) is 0 Å². The number of carbonyl (C=O) groups excluding carboxylic acids is 1. The van der Waals surface area contributed by atoms with Gasteiger partial charge in [-0.2, -0.15) is 0 Å². The van der Waals surface area contributed by atoms with Crippen LogP contribution >= 0.6 is 23.4 Å². The molecule has 28 heavy (non-hydrogen) atoms. The zero-order valence-corrected chi connectivity index (χ0v) is 17.1. The molecule has 1 heterocycles. The SMILES string of the molecule is CC(=O)c1ccc(OC[C@@H](O)CSc2nnc(-c3ccc(Cl)cc3)n2C)cc1. The third-order valence-electron chi connectivity index (χ3n) is 4.05. The fourth-order valence-electron chi connectivity index (χ4n) is 2.49. The van der Waals surface area contributed by atoms with E-state index in [4.69, 9.17) is 16.3 Å². The van der Waals surface area contributed by atoms with Crippen molar-refractivity contribution in [3.63, 3.8) is 0 Å². The summed E-state index contributed by atoms with van der Waals surface area (Å²) in [6.07, 6.45) is -0.673. The van der Waals surface area contributed by atoms with Crippen molar-refractivity contribution in [2.24, 2.45) is 7.05 Å². The fraction of sp³-hybridized carbons (Fsp3) is 0.250. The summed E-state index contributed by atoms with van der Waals surface area (Å²) in [6.45, 7) is 1.66. The zero-order chi connectivity index (χ0) is 20.1. The van der Waals surface area contributed by atoms with E-state index in [1.54, 1.807) is 24.3 Å². The van der Waals surface area contributed by atoms with E-state index in [2.05, 4.69) is 10.2 Å². The van der Waals surface area contributed by atoms with Gasteiger partial charge in [-0.25, -0.2) is 0 Å². The molecule has 1 N–H and O–H groups in total. The van der Waals surface area contributed by atoms with Crippen LogP contribution in [0.4, 0.5) is 0 Å². The van der Waals surface area contributed by atoms with Gasteiger partial charge in [0.1, 0.15) is 12.4 Å². The predicted octanol–water partition coefficient (Wildman–Crippen LogP) is 3.87. The number of nitrogens with zero attached hydrogens (tertiary/aromatic N) is 3. The number of hydrogen-bond donors (Lipinski definition) is 1. The lowest BCUT2D eigenvalue weighted by Gasteiger charge is -2.12. The lowest BCUT2D eigenvalue weighted by Crippen LogP contribution is -2.20. The number of rotatable bonds is 8. The number of ether oxygens (including phenoxy) is 1. The smallest absolute Gasteiger partial charge is 0.191 e. The molecule has 0 saturated heterocycles. The van der Waals surface area contributed by atoms with E-state index in [9.17, 15) is 9.90 Å². The molecule has 0 spiro atoms. The summed E-state index contributed by atoms with van der Waals surface area (Å²) in [5.41, 5.74) is 1.55. The van der Waals surface area contributed by atoms with Crippen molar-refractivity contribution in [2.45, 2.75) is 18.2 Å². The number of carbonyl (C=O) groups is 1. The Morgan fingerprint density at radius 3 is 2.50 bits per heavy atom. The average Bonchev–Trinajstić information content (AvgIpc) is 3.06. The van der Waals surface area contributed by atoms with Crippen LogP contribution in [-0.4, -0.2) is 44.1 Å². The second kappa shape index (κ2) is 9.23. The van der Waals surface area contributed by atoms with Gasteiger partial charge in [-0.3, -0.25) is 4.79 Å². The number of halogens is 1. The Hall–Kier alpha value is -2.35. The minimum atomic E-state index is -0.673. The molecule has 3 aromatic rings. The average molecular weight is 418 g/mol. The maximum Gasteiger partial charge on any atom is 0.191 e. The van der Waals surface area contributed by atoms with Gasteiger partial charge in [0.2, 0.25) is 0 Å². The summed E-state index contributed by atoms with van der Waals surface area (Å²) in [5, 5.41) is 20.0. The second-order valence-electron chi connectivity index (χ2n) is 6.23. The van der Waals surface area contributed by atoms with Gasteiger partial charge in [0.15, 0.2) is 16.8 Å². The number of aliphatic hydroxyl groups excluding tert-OH is 1. The fourth-order valence-corrected chi connectivity index (χ4v) is 3.43. The quantitative estimate of drug-likeness (QED) is 0.443. The van der Waals surface area contributed by atoms with Gasteiger partial charge in [0, 0.05) is 29.0 Å². The van der Waals surface area contributed by atoms with Crippen LogP contribution in [0.1, 0.15) is 17.3 Å². The summed E-state index contributed by atoms with van der Waals surface area (Å²) in [4.78, 5) is 11.3. The summed E-state index contributed by atoms with van der Waals surface area (Å²) in [7, 11) is 1.88. The molecule has 1 aromatic heterocycles. The molecule has 8 heteroatoms. The minimum Gasteiger partial charge on any atom is -0.491 e. The molecule has 146 valence electrons.